The third-order valence-corrected chi connectivity index (χ3v) is 5.56. The molecule has 2 heterocycles. The number of ether oxygens (including phenoxy) is 1. The van der Waals surface area contributed by atoms with E-state index in [-0.39, 0.29) is 17.2 Å². The maximum Gasteiger partial charge on any atom is 0.233 e. The molecule has 7 nitrogen and oxygen atoms in total. The second-order valence-electron chi connectivity index (χ2n) is 6.59. The number of hydrogen-bond donors (Lipinski definition) is 1. The molecule has 2 aromatic heterocycles. The molecule has 0 saturated carbocycles. The van der Waals surface area contributed by atoms with Crippen LogP contribution in [0, 0.1) is 0 Å². The number of thioether (sulfide) groups is 1. The summed E-state index contributed by atoms with van der Waals surface area (Å²) in [6, 6.07) is 13.6. The Kier molecular flexibility index (Phi) is 7.37. The molecule has 1 aromatic carbocycles. The van der Waals surface area contributed by atoms with Crippen LogP contribution in [0.25, 0.3) is 11.4 Å². The number of carbonyl (C=O) groups is 1. The van der Waals surface area contributed by atoms with E-state index in [0.29, 0.717) is 18.3 Å². The molecule has 0 aliphatic heterocycles. The predicted octanol–water partition coefficient (Wildman–Crippen LogP) is 3.34. The Morgan fingerprint density at radius 3 is 2.55 bits per heavy atom. The van der Waals surface area contributed by atoms with Crippen LogP contribution in [0.5, 0.6) is 0 Å². The summed E-state index contributed by atoms with van der Waals surface area (Å²) in [5, 5.41) is 12.1. The van der Waals surface area contributed by atoms with E-state index in [1.807, 2.05) is 60.9 Å². The van der Waals surface area contributed by atoms with Gasteiger partial charge in [0, 0.05) is 25.1 Å². The number of aromatic nitrogens is 4. The van der Waals surface area contributed by atoms with Crippen LogP contribution in [0.15, 0.2) is 60.0 Å². The van der Waals surface area contributed by atoms with Crippen LogP contribution in [-0.2, 0) is 16.1 Å². The van der Waals surface area contributed by atoms with Crippen molar-refractivity contribution in [3.8, 4) is 11.4 Å². The third kappa shape index (κ3) is 5.42. The highest BCUT2D eigenvalue weighted by atomic mass is 32.2. The lowest BCUT2D eigenvalue weighted by Crippen LogP contribution is -2.33. The van der Waals surface area contributed by atoms with E-state index in [9.17, 15) is 4.79 Å². The molecule has 29 heavy (non-hydrogen) atoms. The first-order valence-corrected chi connectivity index (χ1v) is 10.3. The van der Waals surface area contributed by atoms with E-state index in [1.165, 1.54) is 11.8 Å². The van der Waals surface area contributed by atoms with Gasteiger partial charge in [0.1, 0.15) is 0 Å². The van der Waals surface area contributed by atoms with Crippen LogP contribution in [0.2, 0.25) is 0 Å². The number of carbonyl (C=O) groups excluding carboxylic acids is 1. The Labute approximate surface area is 174 Å². The first-order chi connectivity index (χ1) is 14.1. The van der Waals surface area contributed by atoms with Crippen LogP contribution in [0.3, 0.4) is 0 Å². The molecule has 0 spiro atoms. The highest BCUT2D eigenvalue weighted by Gasteiger charge is 2.22. The van der Waals surface area contributed by atoms with Gasteiger partial charge in [-0.25, -0.2) is 0 Å². The maximum atomic E-state index is 12.7. The summed E-state index contributed by atoms with van der Waals surface area (Å²) in [7, 11) is 1.66. The minimum atomic E-state index is -0.322. The van der Waals surface area contributed by atoms with Gasteiger partial charge in [0.2, 0.25) is 5.91 Å². The van der Waals surface area contributed by atoms with Crippen molar-refractivity contribution in [1.82, 2.24) is 25.1 Å². The van der Waals surface area contributed by atoms with Crippen molar-refractivity contribution in [3.63, 3.8) is 0 Å². The number of pyridine rings is 1. The fourth-order valence-electron chi connectivity index (χ4n) is 2.84. The number of nitrogens with zero attached hydrogens (tertiary/aromatic N) is 4. The first-order valence-electron chi connectivity index (χ1n) is 9.44. The van der Waals surface area contributed by atoms with Gasteiger partial charge < -0.3 is 10.1 Å². The van der Waals surface area contributed by atoms with Gasteiger partial charge in [-0.1, -0.05) is 42.1 Å². The molecule has 1 amide bonds. The SMILES string of the molecule is COCCn1c(SC(C)C(=O)NC(C)c2ccccc2)nnc1-c1ccncc1. The monoisotopic (exact) mass is 411 g/mol. The van der Waals surface area contributed by atoms with E-state index < -0.39 is 0 Å². The van der Waals surface area contributed by atoms with E-state index in [1.54, 1.807) is 19.5 Å². The van der Waals surface area contributed by atoms with E-state index in [2.05, 4.69) is 20.5 Å². The average molecular weight is 412 g/mol. The van der Waals surface area contributed by atoms with Gasteiger partial charge in [-0.05, 0) is 31.5 Å². The van der Waals surface area contributed by atoms with Crippen molar-refractivity contribution in [1.29, 1.82) is 0 Å². The Morgan fingerprint density at radius 2 is 1.86 bits per heavy atom. The minimum absolute atomic E-state index is 0.0434. The highest BCUT2D eigenvalue weighted by Crippen LogP contribution is 2.27. The van der Waals surface area contributed by atoms with Gasteiger partial charge in [-0.2, -0.15) is 0 Å². The van der Waals surface area contributed by atoms with Crippen LogP contribution in [-0.4, -0.2) is 44.6 Å². The van der Waals surface area contributed by atoms with Crippen molar-refractivity contribution in [3.05, 3.63) is 60.4 Å². The van der Waals surface area contributed by atoms with Crippen molar-refractivity contribution in [2.75, 3.05) is 13.7 Å². The molecule has 8 heteroatoms. The summed E-state index contributed by atoms with van der Waals surface area (Å²) in [4.78, 5) is 16.8. The summed E-state index contributed by atoms with van der Waals surface area (Å²) in [5.74, 6) is 0.690. The highest BCUT2D eigenvalue weighted by molar-refractivity contribution is 8.00. The molecule has 0 saturated heterocycles. The number of hydrogen-bond acceptors (Lipinski definition) is 6. The Balaban J connectivity index is 1.73. The molecule has 0 radical (unpaired) electrons. The van der Waals surface area contributed by atoms with E-state index >= 15 is 0 Å². The number of rotatable bonds is 9. The summed E-state index contributed by atoms with van der Waals surface area (Å²) >= 11 is 1.39. The van der Waals surface area contributed by atoms with Crippen molar-refractivity contribution in [2.24, 2.45) is 0 Å². The van der Waals surface area contributed by atoms with E-state index in [0.717, 1.165) is 17.0 Å². The number of benzene rings is 1. The molecular weight excluding hydrogens is 386 g/mol. The molecule has 3 rings (SSSR count). The average Bonchev–Trinajstić information content (AvgIpc) is 3.15. The van der Waals surface area contributed by atoms with Gasteiger partial charge >= 0.3 is 0 Å². The molecule has 0 aliphatic carbocycles. The smallest absolute Gasteiger partial charge is 0.233 e. The zero-order chi connectivity index (χ0) is 20.6. The Hall–Kier alpha value is -2.71. The fraction of sp³-hybridized carbons (Fsp3) is 0.333. The largest absolute Gasteiger partial charge is 0.383 e. The van der Waals surface area contributed by atoms with E-state index in [4.69, 9.17) is 4.74 Å². The van der Waals surface area contributed by atoms with Gasteiger partial charge in [0.05, 0.1) is 24.4 Å². The zero-order valence-corrected chi connectivity index (χ0v) is 17.6. The Morgan fingerprint density at radius 1 is 1.14 bits per heavy atom. The summed E-state index contributed by atoms with van der Waals surface area (Å²) in [6.45, 7) is 4.97. The first kappa shape index (κ1) is 21.0. The molecule has 0 fully saturated rings. The number of nitrogens with one attached hydrogen (secondary N) is 1. The number of methoxy groups -OCH3 is 1. The van der Waals surface area contributed by atoms with Crippen LogP contribution in [0.4, 0.5) is 0 Å². The van der Waals surface area contributed by atoms with Crippen LogP contribution >= 0.6 is 11.8 Å². The molecular formula is C21H25N5O2S. The van der Waals surface area contributed by atoms with Gasteiger partial charge in [-0.3, -0.25) is 14.3 Å². The lowest BCUT2D eigenvalue weighted by Gasteiger charge is -2.18. The third-order valence-electron chi connectivity index (χ3n) is 4.48. The maximum absolute atomic E-state index is 12.7. The van der Waals surface area contributed by atoms with Crippen molar-refractivity contribution < 1.29 is 9.53 Å². The van der Waals surface area contributed by atoms with Gasteiger partial charge in [0.15, 0.2) is 11.0 Å². The summed E-state index contributed by atoms with van der Waals surface area (Å²) in [6.07, 6.45) is 3.44. The second-order valence-corrected chi connectivity index (χ2v) is 7.90. The van der Waals surface area contributed by atoms with Gasteiger partial charge in [-0.15, -0.1) is 10.2 Å². The van der Waals surface area contributed by atoms with Crippen LogP contribution < -0.4 is 5.32 Å². The number of amides is 1. The van der Waals surface area contributed by atoms with Crippen LogP contribution in [0.1, 0.15) is 25.5 Å². The predicted molar refractivity (Wildman–Crippen MR) is 113 cm³/mol. The lowest BCUT2D eigenvalue weighted by molar-refractivity contribution is -0.120. The summed E-state index contributed by atoms with van der Waals surface area (Å²) in [5.41, 5.74) is 1.99. The summed E-state index contributed by atoms with van der Waals surface area (Å²) < 4.78 is 7.22. The molecule has 0 aliphatic rings. The molecule has 152 valence electrons. The molecule has 1 N–H and O–H groups in total. The molecule has 3 aromatic rings. The minimum Gasteiger partial charge on any atom is -0.383 e. The standard InChI is InChI=1S/C21H25N5O2S/c1-15(17-7-5-4-6-8-17)23-20(27)16(2)29-21-25-24-19(26(21)13-14-28-3)18-9-11-22-12-10-18/h4-12,15-16H,13-14H2,1-3H3,(H,23,27). The second kappa shape index (κ2) is 10.2. The van der Waals surface area contributed by atoms with Crippen molar-refractivity contribution in [2.45, 2.75) is 36.8 Å². The molecule has 2 unspecified atom stereocenters. The Bertz CT molecular complexity index is 917. The van der Waals surface area contributed by atoms with Gasteiger partial charge in [0.25, 0.3) is 0 Å². The lowest BCUT2D eigenvalue weighted by atomic mass is 10.1. The topological polar surface area (TPSA) is 81.9 Å². The molecule has 2 atom stereocenters. The quantitative estimate of drug-likeness (QED) is 0.544. The molecule has 0 bridgehead atoms. The van der Waals surface area contributed by atoms with Crippen molar-refractivity contribution >= 4 is 17.7 Å². The zero-order valence-electron chi connectivity index (χ0n) is 16.8. The normalized spacial score (nSPS) is 13.1. The fourth-order valence-corrected chi connectivity index (χ4v) is 3.73.